The van der Waals surface area contributed by atoms with Crippen LogP contribution in [0.5, 0.6) is 0 Å². The molecule has 0 bridgehead atoms. The summed E-state index contributed by atoms with van der Waals surface area (Å²) in [6, 6.07) is 33.8. The molecule has 0 aliphatic heterocycles. The summed E-state index contributed by atoms with van der Waals surface area (Å²) in [7, 11) is 0. The fraction of sp³-hybridized carbons (Fsp3) is 0. The van der Waals surface area contributed by atoms with Gasteiger partial charge in [0, 0.05) is 37.3 Å². The maximum atomic E-state index is 5.20. The summed E-state index contributed by atoms with van der Waals surface area (Å²) >= 11 is 1.84. The zero-order chi connectivity index (χ0) is 21.1. The smallest absolute Gasteiger partial charge is 0.137 e. The quantitative estimate of drug-likeness (QED) is 0.284. The first kappa shape index (κ1) is 17.6. The molecule has 0 atom stereocenters. The van der Waals surface area contributed by atoms with E-state index in [2.05, 4.69) is 88.4 Å². The second-order valence-electron chi connectivity index (χ2n) is 7.89. The molecule has 0 amide bonds. The Balaban J connectivity index is 1.68. The van der Waals surface area contributed by atoms with Gasteiger partial charge in [-0.2, -0.15) is 0 Å². The first-order chi connectivity index (χ1) is 15.9. The van der Waals surface area contributed by atoms with Crippen LogP contribution < -0.4 is 0 Å². The van der Waals surface area contributed by atoms with Gasteiger partial charge in [0.15, 0.2) is 0 Å². The molecular weight excluding hydrogens is 410 g/mol. The van der Waals surface area contributed by atoms with E-state index in [1.165, 1.54) is 25.6 Å². The fourth-order valence-electron chi connectivity index (χ4n) is 4.64. The SMILES string of the molecule is c1ccc(-c2ccc3c(n2)c2c4sc5ccccc5c4ccc2n3-c2ccccn2)cc1. The van der Waals surface area contributed by atoms with Gasteiger partial charge < -0.3 is 0 Å². The van der Waals surface area contributed by atoms with Crippen molar-refractivity contribution in [1.82, 2.24) is 14.5 Å². The fourth-order valence-corrected chi connectivity index (χ4v) is 5.89. The first-order valence-electron chi connectivity index (χ1n) is 10.6. The minimum atomic E-state index is 0.905. The molecule has 7 rings (SSSR count). The molecule has 0 aliphatic rings. The van der Waals surface area contributed by atoms with Crippen molar-refractivity contribution in [2.75, 3.05) is 0 Å². The van der Waals surface area contributed by atoms with Gasteiger partial charge in [-0.25, -0.2) is 9.97 Å². The van der Waals surface area contributed by atoms with Gasteiger partial charge in [-0.1, -0.05) is 60.7 Å². The van der Waals surface area contributed by atoms with E-state index in [0.29, 0.717) is 0 Å². The highest BCUT2D eigenvalue weighted by Crippen LogP contribution is 2.42. The van der Waals surface area contributed by atoms with Crippen LogP contribution >= 0.6 is 11.3 Å². The summed E-state index contributed by atoms with van der Waals surface area (Å²) in [5.41, 5.74) is 5.33. The van der Waals surface area contributed by atoms with Crippen LogP contribution in [0.25, 0.3) is 59.2 Å². The zero-order valence-corrected chi connectivity index (χ0v) is 17.9. The van der Waals surface area contributed by atoms with Crippen LogP contribution in [0.2, 0.25) is 0 Å². The molecule has 7 aromatic rings. The van der Waals surface area contributed by atoms with E-state index >= 15 is 0 Å². The number of rotatable bonds is 2. The highest BCUT2D eigenvalue weighted by atomic mass is 32.1. The molecule has 0 saturated carbocycles. The van der Waals surface area contributed by atoms with E-state index < -0.39 is 0 Å². The Morgan fingerprint density at radius 2 is 1.47 bits per heavy atom. The number of benzene rings is 3. The second-order valence-corrected chi connectivity index (χ2v) is 8.94. The summed E-state index contributed by atoms with van der Waals surface area (Å²) in [6.45, 7) is 0. The molecule has 0 saturated heterocycles. The third-order valence-electron chi connectivity index (χ3n) is 6.07. The Bertz CT molecular complexity index is 1760. The highest BCUT2D eigenvalue weighted by molar-refractivity contribution is 7.26. The van der Waals surface area contributed by atoms with E-state index in [4.69, 9.17) is 4.98 Å². The largest absolute Gasteiger partial charge is 0.292 e. The van der Waals surface area contributed by atoms with Crippen molar-refractivity contribution in [2.24, 2.45) is 0 Å². The first-order valence-corrected chi connectivity index (χ1v) is 11.4. The van der Waals surface area contributed by atoms with Gasteiger partial charge in [0.1, 0.15) is 5.82 Å². The minimum Gasteiger partial charge on any atom is -0.292 e. The number of hydrogen-bond donors (Lipinski definition) is 0. The topological polar surface area (TPSA) is 30.7 Å². The number of fused-ring (bicyclic) bond motifs is 7. The lowest BCUT2D eigenvalue weighted by atomic mass is 10.1. The number of nitrogens with zero attached hydrogens (tertiary/aromatic N) is 3. The Morgan fingerprint density at radius 1 is 0.656 bits per heavy atom. The number of hydrogen-bond acceptors (Lipinski definition) is 3. The molecule has 150 valence electrons. The predicted octanol–water partition coefficient (Wildman–Crippen LogP) is 7.61. The zero-order valence-electron chi connectivity index (χ0n) is 17.1. The summed E-state index contributed by atoms with van der Waals surface area (Å²) in [6.07, 6.45) is 1.84. The van der Waals surface area contributed by atoms with Crippen LogP contribution in [0, 0.1) is 0 Å². The van der Waals surface area contributed by atoms with E-state index in [9.17, 15) is 0 Å². The molecule has 0 fully saturated rings. The van der Waals surface area contributed by atoms with Crippen LogP contribution in [0.15, 0.2) is 103 Å². The van der Waals surface area contributed by atoms with Crippen molar-refractivity contribution >= 4 is 53.4 Å². The van der Waals surface area contributed by atoms with Crippen molar-refractivity contribution in [3.05, 3.63) is 103 Å². The molecule has 0 aliphatic carbocycles. The third-order valence-corrected chi connectivity index (χ3v) is 7.27. The summed E-state index contributed by atoms with van der Waals surface area (Å²) in [5, 5.41) is 3.78. The van der Waals surface area contributed by atoms with Gasteiger partial charge in [-0.3, -0.25) is 4.57 Å². The van der Waals surface area contributed by atoms with E-state index in [1.807, 2.05) is 35.7 Å². The van der Waals surface area contributed by atoms with Crippen molar-refractivity contribution in [2.45, 2.75) is 0 Å². The molecule has 3 nitrogen and oxygen atoms in total. The monoisotopic (exact) mass is 427 g/mol. The Hall–Kier alpha value is -4.02. The average molecular weight is 428 g/mol. The van der Waals surface area contributed by atoms with Gasteiger partial charge in [0.2, 0.25) is 0 Å². The maximum absolute atomic E-state index is 5.20. The second kappa shape index (κ2) is 6.74. The van der Waals surface area contributed by atoms with Crippen LogP contribution in [-0.4, -0.2) is 14.5 Å². The van der Waals surface area contributed by atoms with Gasteiger partial charge in [-0.15, -0.1) is 11.3 Å². The lowest BCUT2D eigenvalue weighted by Crippen LogP contribution is -1.96. The molecule has 0 unspecified atom stereocenters. The molecule has 4 heterocycles. The van der Waals surface area contributed by atoms with E-state index in [0.717, 1.165) is 33.6 Å². The molecule has 4 aromatic heterocycles. The molecule has 3 aromatic carbocycles. The third kappa shape index (κ3) is 2.47. The van der Waals surface area contributed by atoms with Crippen molar-refractivity contribution in [1.29, 1.82) is 0 Å². The standard InChI is InChI=1S/C28H17N3S/c1-2-8-18(9-3-1)21-14-16-23-27(30-21)26-22(31(23)25-12-6-7-17-29-25)15-13-20-19-10-4-5-11-24(19)32-28(20)26/h1-17H. The summed E-state index contributed by atoms with van der Waals surface area (Å²) < 4.78 is 4.81. The lowest BCUT2D eigenvalue weighted by molar-refractivity contribution is 1.08. The molecule has 4 heteroatoms. The number of pyridine rings is 2. The van der Waals surface area contributed by atoms with Crippen LogP contribution in [0.3, 0.4) is 0 Å². The van der Waals surface area contributed by atoms with Gasteiger partial charge in [0.25, 0.3) is 0 Å². The molecule has 32 heavy (non-hydrogen) atoms. The van der Waals surface area contributed by atoms with Crippen molar-refractivity contribution in [3.8, 4) is 17.1 Å². The van der Waals surface area contributed by atoms with E-state index in [1.54, 1.807) is 0 Å². The molecule has 0 spiro atoms. The average Bonchev–Trinajstić information content (AvgIpc) is 3.40. The van der Waals surface area contributed by atoms with Crippen LogP contribution in [0.1, 0.15) is 0 Å². The van der Waals surface area contributed by atoms with Gasteiger partial charge >= 0.3 is 0 Å². The summed E-state index contributed by atoms with van der Waals surface area (Å²) in [5.74, 6) is 0.905. The Labute approximate surface area is 188 Å². The maximum Gasteiger partial charge on any atom is 0.137 e. The molecule has 0 N–H and O–H groups in total. The van der Waals surface area contributed by atoms with E-state index in [-0.39, 0.29) is 0 Å². The van der Waals surface area contributed by atoms with Crippen molar-refractivity contribution < 1.29 is 0 Å². The Morgan fingerprint density at radius 3 is 2.34 bits per heavy atom. The van der Waals surface area contributed by atoms with Gasteiger partial charge in [-0.05, 0) is 36.4 Å². The van der Waals surface area contributed by atoms with Crippen LogP contribution in [-0.2, 0) is 0 Å². The Kier molecular flexibility index (Phi) is 3.72. The van der Waals surface area contributed by atoms with Crippen LogP contribution in [0.4, 0.5) is 0 Å². The highest BCUT2D eigenvalue weighted by Gasteiger charge is 2.19. The normalized spacial score (nSPS) is 11.8. The minimum absolute atomic E-state index is 0.905. The lowest BCUT2D eigenvalue weighted by Gasteiger charge is -2.06. The van der Waals surface area contributed by atoms with Gasteiger partial charge in [0.05, 0.1) is 22.2 Å². The predicted molar refractivity (Wildman–Crippen MR) is 135 cm³/mol. The number of thiophene rings is 1. The number of aromatic nitrogens is 3. The molecule has 0 radical (unpaired) electrons. The molecular formula is C28H17N3S. The van der Waals surface area contributed by atoms with Crippen molar-refractivity contribution in [3.63, 3.8) is 0 Å². The summed E-state index contributed by atoms with van der Waals surface area (Å²) in [4.78, 5) is 9.86.